The molecule has 8 heteroatoms. The minimum atomic E-state index is 0.510. The van der Waals surface area contributed by atoms with E-state index >= 15 is 0 Å². The zero-order chi connectivity index (χ0) is 14.7. The van der Waals surface area contributed by atoms with E-state index in [0.29, 0.717) is 23.2 Å². The Hall–Kier alpha value is -1.37. The number of hydrogen-bond donors (Lipinski definition) is 0. The largest absolute Gasteiger partial charge is 0.380 e. The molecule has 1 aliphatic rings. The first-order valence-corrected chi connectivity index (χ1v) is 7.52. The third kappa shape index (κ3) is 3.45. The summed E-state index contributed by atoms with van der Waals surface area (Å²) >= 11 is 12.1. The molecule has 3 rings (SSSR count). The summed E-state index contributed by atoms with van der Waals surface area (Å²) in [6, 6.07) is 5.43. The molecule has 1 saturated heterocycles. The van der Waals surface area contributed by atoms with Crippen LogP contribution in [0.4, 0.5) is 5.95 Å². The molecule has 0 aliphatic carbocycles. The Balaban J connectivity index is 1.81. The molecule has 1 fully saturated rings. The lowest BCUT2D eigenvalue weighted by molar-refractivity contribution is 0.152. The summed E-state index contributed by atoms with van der Waals surface area (Å²) < 4.78 is 7.21. The van der Waals surface area contributed by atoms with Crippen LogP contribution < -0.4 is 4.90 Å². The summed E-state index contributed by atoms with van der Waals surface area (Å²) in [6.07, 6.45) is 0.967. The van der Waals surface area contributed by atoms with Crippen molar-refractivity contribution in [3.63, 3.8) is 0 Å². The maximum Gasteiger partial charge on any atom is 0.245 e. The van der Waals surface area contributed by atoms with Crippen molar-refractivity contribution in [3.8, 4) is 0 Å². The highest BCUT2D eigenvalue weighted by atomic mass is 35.5. The molecule has 0 saturated carbocycles. The van der Waals surface area contributed by atoms with Crippen LogP contribution in [0.25, 0.3) is 0 Å². The van der Waals surface area contributed by atoms with Crippen LogP contribution in [0, 0.1) is 0 Å². The lowest BCUT2D eigenvalue weighted by Gasteiger charge is -2.20. The molecule has 1 aliphatic heterocycles. The number of ether oxygens (including phenoxy) is 1. The molecule has 21 heavy (non-hydrogen) atoms. The Labute approximate surface area is 132 Å². The van der Waals surface area contributed by atoms with E-state index in [1.165, 1.54) is 0 Å². The highest BCUT2D eigenvalue weighted by Crippen LogP contribution is 2.23. The molecule has 0 amide bonds. The Morgan fingerprint density at radius 3 is 2.95 bits per heavy atom. The van der Waals surface area contributed by atoms with Gasteiger partial charge in [-0.3, -0.25) is 0 Å². The van der Waals surface area contributed by atoms with Crippen molar-refractivity contribution in [1.82, 2.24) is 20.2 Å². The summed E-state index contributed by atoms with van der Waals surface area (Å²) in [5.74, 6) is 0.742. The van der Waals surface area contributed by atoms with Crippen molar-refractivity contribution in [2.45, 2.75) is 13.0 Å². The standard InChI is InChI=1S/C13H15Cl2N5O/c14-11-3-2-10(12(15)8-11)9-20-13(16-17-18-20)19-4-1-6-21-7-5-19/h2-3,8H,1,4-7,9H2. The van der Waals surface area contributed by atoms with Crippen molar-refractivity contribution in [1.29, 1.82) is 0 Å². The molecule has 0 spiro atoms. The lowest BCUT2D eigenvalue weighted by Crippen LogP contribution is -2.29. The summed E-state index contributed by atoms with van der Waals surface area (Å²) in [6.45, 7) is 3.65. The van der Waals surface area contributed by atoms with E-state index in [1.54, 1.807) is 10.7 Å². The van der Waals surface area contributed by atoms with E-state index in [0.717, 1.165) is 37.6 Å². The second kappa shape index (κ2) is 6.60. The molecule has 0 radical (unpaired) electrons. The molecule has 0 N–H and O–H groups in total. The number of nitrogens with zero attached hydrogens (tertiary/aromatic N) is 5. The van der Waals surface area contributed by atoms with Gasteiger partial charge in [0.2, 0.25) is 5.95 Å². The van der Waals surface area contributed by atoms with Gasteiger partial charge >= 0.3 is 0 Å². The van der Waals surface area contributed by atoms with Gasteiger partial charge in [-0.25, -0.2) is 4.68 Å². The second-order valence-corrected chi connectivity index (χ2v) is 5.67. The average Bonchev–Trinajstić information content (AvgIpc) is 2.75. The molecule has 0 atom stereocenters. The third-order valence-electron chi connectivity index (χ3n) is 3.35. The maximum absolute atomic E-state index is 6.21. The molecular formula is C13H15Cl2N5O. The third-order valence-corrected chi connectivity index (χ3v) is 3.94. The van der Waals surface area contributed by atoms with Crippen LogP contribution in [0.5, 0.6) is 0 Å². The van der Waals surface area contributed by atoms with Gasteiger partial charge in [0.1, 0.15) is 0 Å². The fourth-order valence-corrected chi connectivity index (χ4v) is 2.75. The predicted octanol–water partition coefficient (Wildman–Crippen LogP) is 2.25. The van der Waals surface area contributed by atoms with Crippen molar-refractivity contribution in [2.24, 2.45) is 0 Å². The zero-order valence-corrected chi connectivity index (χ0v) is 12.9. The van der Waals surface area contributed by atoms with Gasteiger partial charge in [-0.05, 0) is 34.5 Å². The van der Waals surface area contributed by atoms with Gasteiger partial charge < -0.3 is 9.64 Å². The Bertz CT molecular complexity index is 610. The topological polar surface area (TPSA) is 56.1 Å². The van der Waals surface area contributed by atoms with Gasteiger partial charge in [0.15, 0.2) is 0 Å². The average molecular weight is 328 g/mol. The van der Waals surface area contributed by atoms with E-state index in [-0.39, 0.29) is 0 Å². The van der Waals surface area contributed by atoms with Gasteiger partial charge in [0.25, 0.3) is 0 Å². The lowest BCUT2D eigenvalue weighted by atomic mass is 10.2. The summed E-state index contributed by atoms with van der Waals surface area (Å²) in [4.78, 5) is 2.14. The van der Waals surface area contributed by atoms with Crippen molar-refractivity contribution >= 4 is 29.2 Å². The van der Waals surface area contributed by atoms with Crippen molar-refractivity contribution < 1.29 is 4.74 Å². The monoisotopic (exact) mass is 327 g/mol. The number of tetrazole rings is 1. The highest BCUT2D eigenvalue weighted by Gasteiger charge is 2.17. The quantitative estimate of drug-likeness (QED) is 0.865. The number of hydrogen-bond acceptors (Lipinski definition) is 5. The second-order valence-electron chi connectivity index (χ2n) is 4.83. The minimum absolute atomic E-state index is 0.510. The fourth-order valence-electron chi connectivity index (χ4n) is 2.29. The van der Waals surface area contributed by atoms with Gasteiger partial charge in [-0.15, -0.1) is 0 Å². The molecule has 1 aromatic carbocycles. The maximum atomic E-state index is 6.21. The van der Waals surface area contributed by atoms with Crippen LogP contribution >= 0.6 is 23.2 Å². The SMILES string of the molecule is Clc1ccc(Cn2nnnc2N2CCCOCC2)c(Cl)c1. The zero-order valence-electron chi connectivity index (χ0n) is 11.4. The summed E-state index contributed by atoms with van der Waals surface area (Å²) in [5, 5.41) is 13.2. The van der Waals surface area contributed by atoms with Gasteiger partial charge in [0.05, 0.1) is 13.2 Å². The first-order valence-electron chi connectivity index (χ1n) is 6.77. The van der Waals surface area contributed by atoms with Crippen molar-refractivity contribution in [3.05, 3.63) is 33.8 Å². The molecular weight excluding hydrogens is 313 g/mol. The van der Waals surface area contributed by atoms with Crippen LogP contribution in [0.3, 0.4) is 0 Å². The highest BCUT2D eigenvalue weighted by molar-refractivity contribution is 6.35. The van der Waals surface area contributed by atoms with E-state index < -0.39 is 0 Å². The normalized spacial score (nSPS) is 16.0. The molecule has 6 nitrogen and oxygen atoms in total. The number of halogens is 2. The Morgan fingerprint density at radius 2 is 2.10 bits per heavy atom. The fraction of sp³-hybridized carbons (Fsp3) is 0.462. The van der Waals surface area contributed by atoms with E-state index in [2.05, 4.69) is 20.4 Å². The minimum Gasteiger partial charge on any atom is -0.380 e. The first-order chi connectivity index (χ1) is 10.2. The molecule has 0 unspecified atom stereocenters. The Morgan fingerprint density at radius 1 is 1.19 bits per heavy atom. The smallest absolute Gasteiger partial charge is 0.245 e. The van der Waals surface area contributed by atoms with E-state index in [1.807, 2.05) is 12.1 Å². The first kappa shape index (κ1) is 14.6. The molecule has 0 bridgehead atoms. The van der Waals surface area contributed by atoms with Gasteiger partial charge in [0, 0.05) is 29.7 Å². The summed E-state index contributed by atoms with van der Waals surface area (Å²) in [5.41, 5.74) is 0.931. The number of benzene rings is 1. The van der Waals surface area contributed by atoms with Crippen LogP contribution in [0.1, 0.15) is 12.0 Å². The number of rotatable bonds is 3. The van der Waals surface area contributed by atoms with E-state index in [4.69, 9.17) is 27.9 Å². The van der Waals surface area contributed by atoms with Crippen LogP contribution in [-0.2, 0) is 11.3 Å². The molecule has 112 valence electrons. The van der Waals surface area contributed by atoms with Crippen LogP contribution in [-0.4, -0.2) is 46.5 Å². The van der Waals surface area contributed by atoms with Crippen molar-refractivity contribution in [2.75, 3.05) is 31.2 Å². The summed E-state index contributed by atoms with van der Waals surface area (Å²) in [7, 11) is 0. The van der Waals surface area contributed by atoms with Crippen LogP contribution in [0.15, 0.2) is 18.2 Å². The van der Waals surface area contributed by atoms with Gasteiger partial charge in [-0.1, -0.05) is 34.4 Å². The number of anilines is 1. The number of aromatic nitrogens is 4. The van der Waals surface area contributed by atoms with Crippen LogP contribution in [0.2, 0.25) is 10.0 Å². The van der Waals surface area contributed by atoms with Gasteiger partial charge in [-0.2, -0.15) is 0 Å². The Kier molecular flexibility index (Phi) is 4.57. The molecule has 1 aromatic heterocycles. The van der Waals surface area contributed by atoms with E-state index in [9.17, 15) is 0 Å². The predicted molar refractivity (Wildman–Crippen MR) is 81.0 cm³/mol. The molecule has 2 heterocycles. The molecule has 2 aromatic rings.